The predicted octanol–water partition coefficient (Wildman–Crippen LogP) is -0.284. The van der Waals surface area contributed by atoms with Crippen LogP contribution in [0.2, 0.25) is 0 Å². The third kappa shape index (κ3) is 4.58. The number of rotatable bonds is 6. The summed E-state index contributed by atoms with van der Waals surface area (Å²) in [6.45, 7) is 1.04. The van der Waals surface area contributed by atoms with Gasteiger partial charge in [-0.3, -0.25) is 0 Å². The zero-order valence-electron chi connectivity index (χ0n) is 8.13. The smallest absolute Gasteiger partial charge is 0.225 e. The van der Waals surface area contributed by atoms with Crippen molar-refractivity contribution in [2.45, 2.75) is 13.0 Å². The Bertz CT molecular complexity index is 418. The fraction of sp³-hybridized carbons (Fsp3) is 0.500. The number of aromatic nitrogens is 2. The molecule has 0 aliphatic rings. The first-order chi connectivity index (χ1) is 7.14. The summed E-state index contributed by atoms with van der Waals surface area (Å²) in [6, 6.07) is 1.60. The average Bonchev–Trinajstić information content (AvgIpc) is 2.65. The van der Waals surface area contributed by atoms with Crippen LogP contribution in [0.3, 0.4) is 0 Å². The fourth-order valence-corrected chi connectivity index (χ4v) is 1.77. The molecule has 0 spiro atoms. The van der Waals surface area contributed by atoms with Crippen LogP contribution in [0.4, 0.5) is 0 Å². The van der Waals surface area contributed by atoms with Crippen molar-refractivity contribution in [3.8, 4) is 6.07 Å². The molecule has 0 aliphatic heterocycles. The van der Waals surface area contributed by atoms with Crippen molar-refractivity contribution >= 4 is 10.0 Å². The first kappa shape index (κ1) is 11.7. The largest absolute Gasteiger partial charge is 0.337 e. The molecule has 0 radical (unpaired) electrons. The van der Waals surface area contributed by atoms with Gasteiger partial charge in [-0.1, -0.05) is 0 Å². The minimum atomic E-state index is -3.41. The third-order valence-electron chi connectivity index (χ3n) is 1.73. The Morgan fingerprint density at radius 2 is 2.33 bits per heavy atom. The lowest BCUT2D eigenvalue weighted by molar-refractivity contribution is 0.573. The highest BCUT2D eigenvalue weighted by Crippen LogP contribution is 1.90. The number of hydrogen-bond acceptors (Lipinski definition) is 4. The maximum Gasteiger partial charge on any atom is 0.225 e. The molecule has 1 aromatic rings. The van der Waals surface area contributed by atoms with E-state index in [1.807, 2.05) is 10.8 Å². The Morgan fingerprint density at radius 3 is 2.93 bits per heavy atom. The Morgan fingerprint density at radius 1 is 1.53 bits per heavy atom. The number of aryl methyl sites for hydroxylation is 1. The summed E-state index contributed by atoms with van der Waals surface area (Å²) in [5.41, 5.74) is 0. The number of hydrogen-bond donors (Lipinski definition) is 1. The molecule has 1 aromatic heterocycles. The SMILES string of the molecule is N#CCS(=O)(=O)NCCCn1ccnc1. The summed E-state index contributed by atoms with van der Waals surface area (Å²) in [5.74, 6) is -0.488. The third-order valence-corrected chi connectivity index (χ3v) is 2.88. The molecular formula is C8H12N4O2S. The molecule has 0 unspecified atom stereocenters. The van der Waals surface area contributed by atoms with Gasteiger partial charge in [-0.15, -0.1) is 0 Å². The van der Waals surface area contributed by atoms with Gasteiger partial charge < -0.3 is 4.57 Å². The van der Waals surface area contributed by atoms with Gasteiger partial charge in [0.1, 0.15) is 0 Å². The Kier molecular flexibility index (Phi) is 4.27. The number of nitrogens with one attached hydrogen (secondary N) is 1. The topological polar surface area (TPSA) is 87.8 Å². The molecule has 0 saturated carbocycles. The molecular weight excluding hydrogens is 216 g/mol. The molecule has 1 N–H and O–H groups in total. The minimum Gasteiger partial charge on any atom is -0.337 e. The van der Waals surface area contributed by atoms with Crippen LogP contribution < -0.4 is 4.72 Å². The lowest BCUT2D eigenvalue weighted by Crippen LogP contribution is -2.27. The van der Waals surface area contributed by atoms with Crippen LogP contribution in [-0.4, -0.2) is 30.3 Å². The summed E-state index contributed by atoms with van der Waals surface area (Å²) in [6.07, 6.45) is 5.81. The highest BCUT2D eigenvalue weighted by atomic mass is 32.2. The molecule has 82 valence electrons. The van der Waals surface area contributed by atoms with E-state index in [0.29, 0.717) is 19.5 Å². The molecule has 0 aromatic carbocycles. The normalized spacial score (nSPS) is 11.1. The van der Waals surface area contributed by atoms with Gasteiger partial charge in [-0.05, 0) is 6.42 Å². The monoisotopic (exact) mass is 228 g/mol. The molecule has 0 amide bonds. The Labute approximate surface area is 88.6 Å². The lowest BCUT2D eigenvalue weighted by atomic mass is 10.4. The zero-order valence-corrected chi connectivity index (χ0v) is 8.94. The lowest BCUT2D eigenvalue weighted by Gasteiger charge is -2.03. The molecule has 0 saturated heterocycles. The number of imidazole rings is 1. The Hall–Kier alpha value is -1.39. The average molecular weight is 228 g/mol. The van der Waals surface area contributed by atoms with Crippen LogP contribution in [-0.2, 0) is 16.6 Å². The van der Waals surface area contributed by atoms with Crippen molar-refractivity contribution in [1.82, 2.24) is 14.3 Å². The highest BCUT2D eigenvalue weighted by Gasteiger charge is 2.07. The van der Waals surface area contributed by atoms with Gasteiger partial charge in [-0.25, -0.2) is 18.1 Å². The van der Waals surface area contributed by atoms with E-state index in [0.717, 1.165) is 0 Å². The van der Waals surface area contributed by atoms with E-state index in [2.05, 4.69) is 9.71 Å². The molecule has 0 aliphatic carbocycles. The van der Waals surface area contributed by atoms with Gasteiger partial charge in [0, 0.05) is 25.5 Å². The minimum absolute atomic E-state index is 0.336. The van der Waals surface area contributed by atoms with E-state index in [-0.39, 0.29) is 0 Å². The van der Waals surface area contributed by atoms with E-state index >= 15 is 0 Å². The van der Waals surface area contributed by atoms with E-state index in [1.54, 1.807) is 18.6 Å². The van der Waals surface area contributed by atoms with Crippen LogP contribution in [0.5, 0.6) is 0 Å². The molecule has 7 heteroatoms. The van der Waals surface area contributed by atoms with Gasteiger partial charge in [0.05, 0.1) is 12.4 Å². The standard InChI is InChI=1S/C8H12N4O2S/c9-2-7-15(13,14)11-3-1-5-12-6-4-10-8-12/h4,6,8,11H,1,3,5,7H2. The second-order valence-electron chi connectivity index (χ2n) is 2.97. The van der Waals surface area contributed by atoms with Crippen molar-refractivity contribution in [2.75, 3.05) is 12.3 Å². The second-order valence-corrected chi connectivity index (χ2v) is 4.77. The zero-order chi connectivity index (χ0) is 11.1. The number of nitriles is 1. The van der Waals surface area contributed by atoms with Gasteiger partial charge in [0.2, 0.25) is 10.0 Å². The van der Waals surface area contributed by atoms with E-state index in [9.17, 15) is 8.42 Å². The Balaban J connectivity index is 2.20. The first-order valence-electron chi connectivity index (χ1n) is 4.44. The number of sulfonamides is 1. The van der Waals surface area contributed by atoms with Crippen LogP contribution >= 0.6 is 0 Å². The molecule has 0 bridgehead atoms. The molecule has 1 rings (SSSR count). The number of nitrogens with zero attached hydrogens (tertiary/aromatic N) is 3. The summed E-state index contributed by atoms with van der Waals surface area (Å²) in [5, 5.41) is 8.23. The maximum absolute atomic E-state index is 11.0. The van der Waals surface area contributed by atoms with Crippen LogP contribution in [0.25, 0.3) is 0 Å². The van der Waals surface area contributed by atoms with Gasteiger partial charge in [0.25, 0.3) is 0 Å². The predicted molar refractivity (Wildman–Crippen MR) is 54.2 cm³/mol. The van der Waals surface area contributed by atoms with Gasteiger partial charge >= 0.3 is 0 Å². The van der Waals surface area contributed by atoms with E-state index < -0.39 is 15.8 Å². The van der Waals surface area contributed by atoms with Crippen molar-refractivity contribution in [3.05, 3.63) is 18.7 Å². The van der Waals surface area contributed by atoms with Crippen LogP contribution in [0.1, 0.15) is 6.42 Å². The molecule has 15 heavy (non-hydrogen) atoms. The fourth-order valence-electron chi connectivity index (χ4n) is 1.04. The van der Waals surface area contributed by atoms with Crippen molar-refractivity contribution in [2.24, 2.45) is 0 Å². The van der Waals surface area contributed by atoms with Crippen molar-refractivity contribution in [1.29, 1.82) is 5.26 Å². The molecule has 6 nitrogen and oxygen atoms in total. The second kappa shape index (κ2) is 5.48. The quantitative estimate of drug-likeness (QED) is 0.678. The summed E-state index contributed by atoms with van der Waals surface area (Å²) >= 11 is 0. The molecule has 0 fully saturated rings. The summed E-state index contributed by atoms with van der Waals surface area (Å²) in [7, 11) is -3.41. The van der Waals surface area contributed by atoms with Crippen molar-refractivity contribution in [3.63, 3.8) is 0 Å². The summed E-state index contributed by atoms with van der Waals surface area (Å²) in [4.78, 5) is 3.86. The van der Waals surface area contributed by atoms with E-state index in [1.165, 1.54) is 0 Å². The highest BCUT2D eigenvalue weighted by molar-refractivity contribution is 7.89. The summed E-state index contributed by atoms with van der Waals surface area (Å²) < 4.78 is 26.3. The van der Waals surface area contributed by atoms with Crippen LogP contribution in [0, 0.1) is 11.3 Å². The molecule has 0 atom stereocenters. The van der Waals surface area contributed by atoms with Gasteiger partial charge in [0.15, 0.2) is 5.75 Å². The van der Waals surface area contributed by atoms with Gasteiger partial charge in [-0.2, -0.15) is 5.26 Å². The maximum atomic E-state index is 11.0. The molecule has 1 heterocycles. The van der Waals surface area contributed by atoms with E-state index in [4.69, 9.17) is 5.26 Å². The first-order valence-corrected chi connectivity index (χ1v) is 6.09. The van der Waals surface area contributed by atoms with Crippen molar-refractivity contribution < 1.29 is 8.42 Å². The van der Waals surface area contributed by atoms with Crippen LogP contribution in [0.15, 0.2) is 18.7 Å².